The van der Waals surface area contributed by atoms with Gasteiger partial charge in [0, 0.05) is 43.6 Å². The Hall–Kier alpha value is -0.420. The van der Waals surface area contributed by atoms with E-state index >= 15 is 0 Å². The summed E-state index contributed by atoms with van der Waals surface area (Å²) >= 11 is 1.70. The Bertz CT molecular complexity index is 615. The molecule has 2 N–H and O–H groups in total. The van der Waals surface area contributed by atoms with E-state index in [1.165, 1.54) is 6.26 Å². The fraction of sp³-hybridized carbons (Fsp3) is 0.733. The maximum absolute atomic E-state index is 11.2. The number of nitrogens with zero attached hydrogens (tertiary/aromatic N) is 2. The van der Waals surface area contributed by atoms with E-state index in [9.17, 15) is 8.42 Å². The monoisotopic (exact) mass is 488 g/mol. The summed E-state index contributed by atoms with van der Waals surface area (Å²) in [6.07, 6.45) is 2.65. The first-order valence-electron chi connectivity index (χ1n) is 7.80. The van der Waals surface area contributed by atoms with Crippen LogP contribution in [0.25, 0.3) is 0 Å². The summed E-state index contributed by atoms with van der Waals surface area (Å²) in [7, 11) is -1.22. The maximum Gasteiger partial charge on any atom is 0.191 e. The number of guanidine groups is 1. The highest BCUT2D eigenvalue weighted by molar-refractivity contribution is 14.0. The van der Waals surface area contributed by atoms with Gasteiger partial charge < -0.3 is 10.6 Å². The van der Waals surface area contributed by atoms with E-state index in [1.807, 2.05) is 6.92 Å². The van der Waals surface area contributed by atoms with E-state index in [0.717, 1.165) is 23.7 Å². The lowest BCUT2D eigenvalue weighted by molar-refractivity contribution is 0.581. The molecule has 0 aliphatic heterocycles. The quantitative estimate of drug-likeness (QED) is 0.334. The molecule has 1 aromatic heterocycles. The molecule has 1 rings (SSSR count). The van der Waals surface area contributed by atoms with Gasteiger partial charge in [0.2, 0.25) is 0 Å². The van der Waals surface area contributed by atoms with Crippen LogP contribution in [0.4, 0.5) is 0 Å². The Kier molecular flexibility index (Phi) is 11.0. The van der Waals surface area contributed by atoms with Gasteiger partial charge in [-0.1, -0.05) is 13.8 Å². The van der Waals surface area contributed by atoms with Crippen LogP contribution in [0.1, 0.15) is 43.8 Å². The van der Waals surface area contributed by atoms with Crippen molar-refractivity contribution in [3.05, 3.63) is 16.1 Å². The number of aromatic nitrogens is 1. The molecule has 0 amide bonds. The Balaban J connectivity index is 0.00000529. The molecular weight excluding hydrogens is 459 g/mol. The molecule has 0 aliphatic rings. The van der Waals surface area contributed by atoms with Crippen LogP contribution in [0.2, 0.25) is 0 Å². The molecule has 0 saturated heterocycles. The summed E-state index contributed by atoms with van der Waals surface area (Å²) < 4.78 is 22.4. The third kappa shape index (κ3) is 9.77. The number of hydrogen-bond acceptors (Lipinski definition) is 5. The summed E-state index contributed by atoms with van der Waals surface area (Å²) in [5.41, 5.74) is 1.09. The summed E-state index contributed by atoms with van der Waals surface area (Å²) in [6.45, 7) is 6.97. The van der Waals surface area contributed by atoms with Crippen LogP contribution in [-0.4, -0.2) is 51.0 Å². The van der Waals surface area contributed by atoms with Gasteiger partial charge in [0.25, 0.3) is 0 Å². The van der Waals surface area contributed by atoms with E-state index in [4.69, 9.17) is 0 Å². The van der Waals surface area contributed by atoms with Gasteiger partial charge in [-0.25, -0.2) is 13.4 Å². The maximum atomic E-state index is 11.2. The number of rotatable bonds is 8. The Labute approximate surface area is 166 Å². The van der Waals surface area contributed by atoms with Crippen LogP contribution in [0.15, 0.2) is 10.4 Å². The van der Waals surface area contributed by atoms with Crippen molar-refractivity contribution in [3.63, 3.8) is 0 Å². The van der Waals surface area contributed by atoms with Crippen LogP contribution >= 0.6 is 35.3 Å². The van der Waals surface area contributed by atoms with E-state index in [2.05, 4.69) is 39.8 Å². The van der Waals surface area contributed by atoms with E-state index in [0.29, 0.717) is 18.3 Å². The van der Waals surface area contributed by atoms with Crippen molar-refractivity contribution >= 4 is 51.1 Å². The summed E-state index contributed by atoms with van der Waals surface area (Å²) in [5.74, 6) is 1.33. The van der Waals surface area contributed by atoms with Crippen molar-refractivity contribution in [2.45, 2.75) is 45.6 Å². The predicted molar refractivity (Wildman–Crippen MR) is 114 cm³/mol. The molecule has 0 aromatic carbocycles. The second-order valence-corrected chi connectivity index (χ2v) is 9.19. The first-order valence-corrected chi connectivity index (χ1v) is 10.7. The lowest BCUT2D eigenvalue weighted by atomic mass is 10.2. The molecule has 0 aliphatic carbocycles. The molecule has 0 fully saturated rings. The molecule has 24 heavy (non-hydrogen) atoms. The molecular formula is C15H29IN4O2S2. The average molecular weight is 488 g/mol. The van der Waals surface area contributed by atoms with Gasteiger partial charge in [-0.3, -0.25) is 4.99 Å². The second-order valence-electron chi connectivity index (χ2n) is 6.04. The van der Waals surface area contributed by atoms with Crippen molar-refractivity contribution < 1.29 is 8.42 Å². The van der Waals surface area contributed by atoms with E-state index in [1.54, 1.807) is 18.4 Å². The third-order valence-electron chi connectivity index (χ3n) is 3.27. The first kappa shape index (κ1) is 23.6. The van der Waals surface area contributed by atoms with Crippen molar-refractivity contribution in [1.29, 1.82) is 0 Å². The van der Waals surface area contributed by atoms with Crippen LogP contribution in [0.3, 0.4) is 0 Å². The summed E-state index contributed by atoms with van der Waals surface area (Å²) in [4.78, 5) is 8.77. The Morgan fingerprint density at radius 1 is 1.38 bits per heavy atom. The molecule has 0 bridgehead atoms. The van der Waals surface area contributed by atoms with Crippen molar-refractivity contribution in [3.8, 4) is 0 Å². The zero-order chi connectivity index (χ0) is 17.5. The molecule has 0 saturated carbocycles. The number of sulfone groups is 1. The largest absolute Gasteiger partial charge is 0.356 e. The minimum Gasteiger partial charge on any atom is -0.356 e. The highest BCUT2D eigenvalue weighted by atomic mass is 127. The minimum absolute atomic E-state index is 0. The van der Waals surface area contributed by atoms with Gasteiger partial charge in [0.1, 0.15) is 9.84 Å². The van der Waals surface area contributed by atoms with Crippen molar-refractivity contribution in [2.24, 2.45) is 4.99 Å². The molecule has 0 radical (unpaired) electrons. The fourth-order valence-corrected chi connectivity index (χ4v) is 3.55. The van der Waals surface area contributed by atoms with Crippen LogP contribution < -0.4 is 10.6 Å². The van der Waals surface area contributed by atoms with Crippen LogP contribution in [0, 0.1) is 0 Å². The topological polar surface area (TPSA) is 83.4 Å². The lowest BCUT2D eigenvalue weighted by Crippen LogP contribution is -2.43. The van der Waals surface area contributed by atoms with E-state index in [-0.39, 0.29) is 35.8 Å². The molecule has 1 atom stereocenters. The molecule has 1 unspecified atom stereocenters. The standard InChI is InChI=1S/C15H28N4O2S2.HI/c1-11(2)14-19-13(10-22-14)6-8-17-15(16-4)18-12(3)7-9-23(5,20)21;/h10-12H,6-9H2,1-5H3,(H2,16,17,18);1H. The van der Waals surface area contributed by atoms with Gasteiger partial charge in [-0.15, -0.1) is 35.3 Å². The average Bonchev–Trinajstić information content (AvgIpc) is 2.92. The molecule has 6 nitrogen and oxygen atoms in total. The minimum atomic E-state index is -2.93. The highest BCUT2D eigenvalue weighted by Gasteiger charge is 2.10. The molecule has 1 heterocycles. The molecule has 0 spiro atoms. The Morgan fingerprint density at radius 2 is 2.04 bits per heavy atom. The van der Waals surface area contributed by atoms with E-state index < -0.39 is 9.84 Å². The fourth-order valence-electron chi connectivity index (χ4n) is 1.90. The number of halogens is 1. The van der Waals surface area contributed by atoms with Crippen LogP contribution in [-0.2, 0) is 16.3 Å². The number of hydrogen-bond donors (Lipinski definition) is 2. The van der Waals surface area contributed by atoms with Gasteiger partial charge in [-0.2, -0.15) is 0 Å². The lowest BCUT2D eigenvalue weighted by Gasteiger charge is -2.17. The smallest absolute Gasteiger partial charge is 0.191 e. The third-order valence-corrected chi connectivity index (χ3v) is 5.44. The van der Waals surface area contributed by atoms with Gasteiger partial charge in [0.15, 0.2) is 5.96 Å². The zero-order valence-corrected chi connectivity index (χ0v) is 19.0. The molecule has 1 aromatic rings. The van der Waals surface area contributed by atoms with Crippen molar-refractivity contribution in [1.82, 2.24) is 15.6 Å². The number of aliphatic imine (C=N–C) groups is 1. The first-order chi connectivity index (χ1) is 10.7. The number of nitrogens with one attached hydrogen (secondary N) is 2. The summed E-state index contributed by atoms with van der Waals surface area (Å²) in [6, 6.07) is 0.0442. The normalized spacial score (nSPS) is 13.5. The second kappa shape index (κ2) is 11.2. The molecule has 9 heteroatoms. The SMILES string of the molecule is CN=C(NCCc1csc(C(C)C)n1)NC(C)CCS(C)(=O)=O.I. The Morgan fingerprint density at radius 3 is 2.54 bits per heavy atom. The van der Waals surface area contributed by atoms with Gasteiger partial charge in [-0.05, 0) is 13.3 Å². The molecule has 140 valence electrons. The van der Waals surface area contributed by atoms with Crippen LogP contribution in [0.5, 0.6) is 0 Å². The zero-order valence-electron chi connectivity index (χ0n) is 15.0. The summed E-state index contributed by atoms with van der Waals surface area (Å²) in [5, 5.41) is 9.71. The van der Waals surface area contributed by atoms with Crippen molar-refractivity contribution in [2.75, 3.05) is 25.6 Å². The number of thiazole rings is 1. The van der Waals surface area contributed by atoms with Gasteiger partial charge in [0.05, 0.1) is 16.5 Å². The predicted octanol–water partition coefficient (Wildman–Crippen LogP) is 2.42. The highest BCUT2D eigenvalue weighted by Crippen LogP contribution is 2.19. The van der Waals surface area contributed by atoms with Gasteiger partial charge >= 0.3 is 0 Å².